The van der Waals surface area contributed by atoms with Crippen LogP contribution < -0.4 is 0 Å². The lowest BCUT2D eigenvalue weighted by Gasteiger charge is -2.09. The average Bonchev–Trinajstić information content (AvgIpc) is 3.26. The van der Waals surface area contributed by atoms with Gasteiger partial charge in [0, 0.05) is 22.7 Å². The molecule has 0 bridgehead atoms. The van der Waals surface area contributed by atoms with Gasteiger partial charge in [0.2, 0.25) is 0 Å². The highest BCUT2D eigenvalue weighted by molar-refractivity contribution is 7.99. The molecule has 2 aromatic carbocycles. The van der Waals surface area contributed by atoms with Gasteiger partial charge in [-0.05, 0) is 31.5 Å². The third kappa shape index (κ3) is 3.04. The maximum absolute atomic E-state index is 12.7. The molecule has 6 heteroatoms. The molecule has 0 aliphatic heterocycles. The number of carbonyl (C=O) groups is 1. The van der Waals surface area contributed by atoms with Crippen molar-refractivity contribution in [3.8, 4) is 5.69 Å². The van der Waals surface area contributed by atoms with Gasteiger partial charge in [-0.3, -0.25) is 9.36 Å². The summed E-state index contributed by atoms with van der Waals surface area (Å²) in [6, 6.07) is 14.1. The van der Waals surface area contributed by atoms with Crippen LogP contribution in [0.2, 0.25) is 0 Å². The summed E-state index contributed by atoms with van der Waals surface area (Å²) in [6.07, 6.45) is 3.47. The Kier molecular flexibility index (Phi) is 4.34. The van der Waals surface area contributed by atoms with E-state index in [1.54, 1.807) is 12.5 Å². The van der Waals surface area contributed by atoms with Crippen molar-refractivity contribution in [1.82, 2.24) is 19.7 Å². The van der Waals surface area contributed by atoms with Crippen molar-refractivity contribution in [3.05, 3.63) is 71.7 Å². The second kappa shape index (κ2) is 6.80. The second-order valence-electron chi connectivity index (χ2n) is 6.23. The first kappa shape index (κ1) is 16.6. The first-order valence-electron chi connectivity index (χ1n) is 8.33. The molecule has 2 heterocycles. The Hall–Kier alpha value is -2.86. The fourth-order valence-electron chi connectivity index (χ4n) is 3.07. The Bertz CT molecular complexity index is 1100. The minimum atomic E-state index is 0.0719. The SMILES string of the molecule is Cc1ccc(-n2cnnc2SCC(=O)c2c[nH]c3ccccc23)c(C)c1. The molecule has 0 saturated carbocycles. The first-order valence-corrected chi connectivity index (χ1v) is 9.32. The molecule has 0 saturated heterocycles. The van der Waals surface area contributed by atoms with Gasteiger partial charge in [0.1, 0.15) is 6.33 Å². The van der Waals surface area contributed by atoms with E-state index in [0.29, 0.717) is 16.5 Å². The summed E-state index contributed by atoms with van der Waals surface area (Å²) < 4.78 is 1.93. The van der Waals surface area contributed by atoms with E-state index in [0.717, 1.165) is 22.2 Å². The molecule has 0 fully saturated rings. The number of aryl methyl sites for hydroxylation is 2. The Morgan fingerprint density at radius 2 is 2.04 bits per heavy atom. The zero-order valence-corrected chi connectivity index (χ0v) is 15.4. The normalized spacial score (nSPS) is 11.2. The molecule has 0 aliphatic rings. The van der Waals surface area contributed by atoms with Crippen molar-refractivity contribution in [2.75, 3.05) is 5.75 Å². The number of benzene rings is 2. The third-order valence-corrected chi connectivity index (χ3v) is 5.29. The van der Waals surface area contributed by atoms with Crippen LogP contribution in [0.4, 0.5) is 0 Å². The van der Waals surface area contributed by atoms with E-state index in [9.17, 15) is 4.79 Å². The van der Waals surface area contributed by atoms with Crippen molar-refractivity contribution >= 4 is 28.4 Å². The van der Waals surface area contributed by atoms with Gasteiger partial charge in [0.15, 0.2) is 10.9 Å². The number of H-pyrrole nitrogens is 1. The molecule has 4 aromatic rings. The van der Waals surface area contributed by atoms with E-state index >= 15 is 0 Å². The zero-order chi connectivity index (χ0) is 18.1. The molecule has 5 nitrogen and oxygen atoms in total. The molecule has 0 aliphatic carbocycles. The number of thioether (sulfide) groups is 1. The van der Waals surface area contributed by atoms with Crippen LogP contribution in [0.3, 0.4) is 0 Å². The molecule has 0 spiro atoms. The summed E-state index contributed by atoms with van der Waals surface area (Å²) in [6.45, 7) is 4.13. The Morgan fingerprint density at radius 1 is 1.19 bits per heavy atom. The summed E-state index contributed by atoms with van der Waals surface area (Å²) in [5.41, 5.74) is 5.07. The predicted octanol–water partition coefficient (Wildman–Crippen LogP) is 4.34. The molecule has 1 N–H and O–H groups in total. The standard InChI is InChI=1S/C20H18N4OS/c1-13-7-8-18(14(2)9-13)24-12-22-23-20(24)26-11-19(25)16-10-21-17-6-4-3-5-15(16)17/h3-10,12,21H,11H2,1-2H3. The van der Waals surface area contributed by atoms with Crippen molar-refractivity contribution in [2.45, 2.75) is 19.0 Å². The molecule has 0 unspecified atom stereocenters. The first-order chi connectivity index (χ1) is 12.6. The topological polar surface area (TPSA) is 63.6 Å². The van der Waals surface area contributed by atoms with Gasteiger partial charge in [-0.15, -0.1) is 10.2 Å². The number of aromatic amines is 1. The van der Waals surface area contributed by atoms with Crippen LogP contribution in [0.15, 0.2) is 60.1 Å². The van der Waals surface area contributed by atoms with E-state index in [1.165, 1.54) is 17.3 Å². The minimum absolute atomic E-state index is 0.0719. The Morgan fingerprint density at radius 3 is 2.88 bits per heavy atom. The quantitative estimate of drug-likeness (QED) is 0.424. The maximum atomic E-state index is 12.7. The van der Waals surface area contributed by atoms with Crippen LogP contribution in [0.5, 0.6) is 0 Å². The Labute approximate surface area is 155 Å². The highest BCUT2D eigenvalue weighted by atomic mass is 32.2. The highest BCUT2D eigenvalue weighted by Gasteiger charge is 2.15. The second-order valence-corrected chi connectivity index (χ2v) is 7.18. The van der Waals surface area contributed by atoms with Crippen LogP contribution >= 0.6 is 11.8 Å². The predicted molar refractivity (Wildman–Crippen MR) is 104 cm³/mol. The number of ketones is 1. The summed E-state index contributed by atoms with van der Waals surface area (Å²) in [5.74, 6) is 0.383. The molecule has 4 rings (SSSR count). The van der Waals surface area contributed by atoms with Crippen molar-refractivity contribution in [1.29, 1.82) is 0 Å². The van der Waals surface area contributed by atoms with Crippen molar-refractivity contribution in [2.24, 2.45) is 0 Å². The van der Waals surface area contributed by atoms with Gasteiger partial charge in [-0.1, -0.05) is 47.7 Å². The average molecular weight is 362 g/mol. The van der Waals surface area contributed by atoms with E-state index in [-0.39, 0.29) is 5.78 Å². The zero-order valence-electron chi connectivity index (χ0n) is 14.6. The molecule has 0 radical (unpaired) electrons. The molecule has 0 amide bonds. The molecule has 0 atom stereocenters. The number of hydrogen-bond acceptors (Lipinski definition) is 4. The number of para-hydroxylation sites is 1. The van der Waals surface area contributed by atoms with E-state index in [1.807, 2.05) is 28.8 Å². The number of Topliss-reactive ketones (excluding diaryl/α,β-unsaturated/α-hetero) is 1. The van der Waals surface area contributed by atoms with Crippen molar-refractivity contribution < 1.29 is 4.79 Å². The molecule has 26 heavy (non-hydrogen) atoms. The monoisotopic (exact) mass is 362 g/mol. The summed E-state index contributed by atoms with van der Waals surface area (Å²) >= 11 is 1.40. The van der Waals surface area contributed by atoms with E-state index in [2.05, 4.69) is 47.2 Å². The lowest BCUT2D eigenvalue weighted by Crippen LogP contribution is -2.04. The summed E-state index contributed by atoms with van der Waals surface area (Å²) in [4.78, 5) is 15.8. The van der Waals surface area contributed by atoms with Crippen LogP contribution in [0.25, 0.3) is 16.6 Å². The van der Waals surface area contributed by atoms with Gasteiger partial charge < -0.3 is 4.98 Å². The number of nitrogens with one attached hydrogen (secondary N) is 1. The molecule has 2 aromatic heterocycles. The number of nitrogens with zero attached hydrogens (tertiary/aromatic N) is 3. The molecular formula is C20H18N4OS. The number of aromatic nitrogens is 4. The molecular weight excluding hydrogens is 344 g/mol. The van der Waals surface area contributed by atoms with Gasteiger partial charge in [-0.25, -0.2) is 0 Å². The Balaban J connectivity index is 1.56. The smallest absolute Gasteiger partial charge is 0.196 e. The minimum Gasteiger partial charge on any atom is -0.360 e. The maximum Gasteiger partial charge on any atom is 0.196 e. The van der Waals surface area contributed by atoms with Gasteiger partial charge in [0.25, 0.3) is 0 Å². The largest absolute Gasteiger partial charge is 0.360 e. The van der Waals surface area contributed by atoms with Crippen LogP contribution in [0.1, 0.15) is 21.5 Å². The van der Waals surface area contributed by atoms with Crippen LogP contribution in [0, 0.1) is 13.8 Å². The lowest BCUT2D eigenvalue weighted by molar-refractivity contribution is 0.102. The fraction of sp³-hybridized carbons (Fsp3) is 0.150. The highest BCUT2D eigenvalue weighted by Crippen LogP contribution is 2.25. The van der Waals surface area contributed by atoms with Gasteiger partial charge >= 0.3 is 0 Å². The fourth-order valence-corrected chi connectivity index (χ4v) is 3.88. The lowest BCUT2D eigenvalue weighted by atomic mass is 10.1. The summed E-state index contributed by atoms with van der Waals surface area (Å²) in [5, 5.41) is 9.88. The van der Waals surface area contributed by atoms with Gasteiger partial charge in [-0.2, -0.15) is 0 Å². The number of carbonyl (C=O) groups excluding carboxylic acids is 1. The molecule has 130 valence electrons. The van der Waals surface area contributed by atoms with Crippen LogP contribution in [-0.4, -0.2) is 31.3 Å². The number of hydrogen-bond donors (Lipinski definition) is 1. The number of fused-ring (bicyclic) bond motifs is 1. The van der Waals surface area contributed by atoms with Crippen molar-refractivity contribution in [3.63, 3.8) is 0 Å². The van der Waals surface area contributed by atoms with E-state index in [4.69, 9.17) is 0 Å². The van der Waals surface area contributed by atoms with Crippen LogP contribution in [-0.2, 0) is 0 Å². The number of rotatable bonds is 5. The van der Waals surface area contributed by atoms with E-state index < -0.39 is 0 Å². The summed E-state index contributed by atoms with van der Waals surface area (Å²) in [7, 11) is 0. The third-order valence-electron chi connectivity index (χ3n) is 4.35. The van der Waals surface area contributed by atoms with Gasteiger partial charge in [0.05, 0.1) is 11.4 Å².